The third-order valence-corrected chi connectivity index (χ3v) is 5.25. The normalized spacial score (nSPS) is 11.3. The summed E-state index contributed by atoms with van der Waals surface area (Å²) in [5, 5.41) is 7.54. The highest BCUT2D eigenvalue weighted by Gasteiger charge is 2.13. The summed E-state index contributed by atoms with van der Waals surface area (Å²) in [5.74, 6) is 1.16. The SMILES string of the molecule is CCOc1cc(/C=N\Nc2nc(-c3ccc(C)cc3C)cs2)cc(Cl)c1OC(C)C. The fourth-order valence-corrected chi connectivity index (χ4v) is 3.91. The number of aromatic nitrogens is 1. The molecule has 158 valence electrons. The van der Waals surface area contributed by atoms with Gasteiger partial charge in [-0.05, 0) is 57.9 Å². The molecule has 0 saturated carbocycles. The van der Waals surface area contributed by atoms with Crippen molar-refractivity contribution in [3.8, 4) is 22.8 Å². The molecule has 3 aromatic rings. The average molecular weight is 444 g/mol. The summed E-state index contributed by atoms with van der Waals surface area (Å²) in [6.07, 6.45) is 1.69. The van der Waals surface area contributed by atoms with Gasteiger partial charge in [-0.1, -0.05) is 35.4 Å². The average Bonchev–Trinajstić information content (AvgIpc) is 3.13. The van der Waals surface area contributed by atoms with E-state index in [9.17, 15) is 0 Å². The van der Waals surface area contributed by atoms with E-state index >= 15 is 0 Å². The lowest BCUT2D eigenvalue weighted by atomic mass is 10.0. The van der Waals surface area contributed by atoms with Gasteiger partial charge in [0.1, 0.15) is 0 Å². The van der Waals surface area contributed by atoms with Crippen molar-refractivity contribution in [2.24, 2.45) is 5.10 Å². The number of benzene rings is 2. The third kappa shape index (κ3) is 5.52. The second-order valence-electron chi connectivity index (χ2n) is 7.16. The van der Waals surface area contributed by atoms with Gasteiger partial charge < -0.3 is 9.47 Å². The summed E-state index contributed by atoms with van der Waals surface area (Å²) >= 11 is 7.92. The van der Waals surface area contributed by atoms with Crippen molar-refractivity contribution in [1.82, 2.24) is 4.98 Å². The lowest BCUT2D eigenvalue weighted by Crippen LogP contribution is -2.08. The van der Waals surface area contributed by atoms with Gasteiger partial charge in [-0.25, -0.2) is 4.98 Å². The zero-order chi connectivity index (χ0) is 21.7. The van der Waals surface area contributed by atoms with Crippen LogP contribution in [0.4, 0.5) is 5.13 Å². The molecule has 1 heterocycles. The van der Waals surface area contributed by atoms with Crippen LogP contribution < -0.4 is 14.9 Å². The van der Waals surface area contributed by atoms with Crippen LogP contribution in [0.25, 0.3) is 11.3 Å². The highest BCUT2D eigenvalue weighted by Crippen LogP contribution is 2.37. The topological polar surface area (TPSA) is 55.7 Å². The number of hydrogen-bond acceptors (Lipinski definition) is 6. The van der Waals surface area contributed by atoms with Gasteiger partial charge in [-0.15, -0.1) is 11.3 Å². The van der Waals surface area contributed by atoms with Crippen molar-refractivity contribution in [2.45, 2.75) is 40.7 Å². The first kappa shape index (κ1) is 22.1. The van der Waals surface area contributed by atoms with E-state index in [-0.39, 0.29) is 6.10 Å². The Morgan fingerprint density at radius 3 is 2.73 bits per heavy atom. The van der Waals surface area contributed by atoms with Gasteiger partial charge in [-0.3, -0.25) is 5.43 Å². The summed E-state index contributed by atoms with van der Waals surface area (Å²) in [6, 6.07) is 10.0. The van der Waals surface area contributed by atoms with Gasteiger partial charge in [0.2, 0.25) is 5.13 Å². The fraction of sp³-hybridized carbons (Fsp3) is 0.304. The molecule has 0 unspecified atom stereocenters. The predicted octanol–water partition coefficient (Wildman–Crippen LogP) is 6.71. The van der Waals surface area contributed by atoms with E-state index in [2.05, 4.69) is 47.6 Å². The van der Waals surface area contributed by atoms with Crippen LogP contribution >= 0.6 is 22.9 Å². The first-order valence-corrected chi connectivity index (χ1v) is 11.1. The minimum absolute atomic E-state index is 0.000783. The monoisotopic (exact) mass is 443 g/mol. The Kier molecular flexibility index (Phi) is 7.34. The van der Waals surface area contributed by atoms with E-state index < -0.39 is 0 Å². The number of nitrogens with zero attached hydrogens (tertiary/aromatic N) is 2. The summed E-state index contributed by atoms with van der Waals surface area (Å²) < 4.78 is 11.5. The summed E-state index contributed by atoms with van der Waals surface area (Å²) in [7, 11) is 0. The van der Waals surface area contributed by atoms with Gasteiger partial charge in [0, 0.05) is 10.9 Å². The molecule has 0 spiro atoms. The molecule has 0 bridgehead atoms. The van der Waals surface area contributed by atoms with E-state index in [0.29, 0.717) is 23.1 Å². The van der Waals surface area contributed by atoms with Crippen molar-refractivity contribution in [1.29, 1.82) is 0 Å². The third-order valence-electron chi connectivity index (χ3n) is 4.22. The van der Waals surface area contributed by atoms with E-state index in [1.54, 1.807) is 12.3 Å². The molecule has 1 N–H and O–H groups in total. The molecule has 0 aliphatic heterocycles. The number of anilines is 1. The number of ether oxygens (including phenoxy) is 2. The number of nitrogens with one attached hydrogen (secondary N) is 1. The van der Waals surface area contributed by atoms with Gasteiger partial charge in [0.15, 0.2) is 11.5 Å². The standard InChI is InChI=1S/C23H26ClN3O2S/c1-6-28-21-11-17(10-19(24)22(21)29-14(2)3)12-25-27-23-26-20(13-30-23)18-8-7-15(4)9-16(18)5/h7-14H,6H2,1-5H3,(H,26,27)/b25-12-. The maximum atomic E-state index is 6.41. The second kappa shape index (κ2) is 9.96. The number of aryl methyl sites for hydroxylation is 2. The number of hydrogen-bond donors (Lipinski definition) is 1. The molecule has 0 atom stereocenters. The van der Waals surface area contributed by atoms with Crippen LogP contribution in [-0.2, 0) is 0 Å². The summed E-state index contributed by atoms with van der Waals surface area (Å²) in [6.45, 7) is 10.5. The molecule has 1 aromatic heterocycles. The van der Waals surface area contributed by atoms with Crippen molar-refractivity contribution in [2.75, 3.05) is 12.0 Å². The fourth-order valence-electron chi connectivity index (χ4n) is 2.99. The van der Waals surface area contributed by atoms with Crippen molar-refractivity contribution in [3.63, 3.8) is 0 Å². The van der Waals surface area contributed by atoms with E-state index in [1.807, 2.05) is 32.2 Å². The van der Waals surface area contributed by atoms with Gasteiger partial charge in [0.25, 0.3) is 0 Å². The quantitative estimate of drug-likeness (QED) is 0.310. The minimum atomic E-state index is -0.000783. The van der Waals surface area contributed by atoms with Crippen molar-refractivity contribution >= 4 is 34.3 Å². The predicted molar refractivity (Wildman–Crippen MR) is 127 cm³/mol. The van der Waals surface area contributed by atoms with Crippen molar-refractivity contribution in [3.05, 3.63) is 57.4 Å². The molecule has 0 aliphatic rings. The molecule has 0 saturated heterocycles. The first-order valence-electron chi connectivity index (χ1n) is 9.82. The molecule has 5 nitrogen and oxygen atoms in total. The Balaban J connectivity index is 1.74. The van der Waals surface area contributed by atoms with E-state index in [1.165, 1.54) is 22.5 Å². The molecule has 30 heavy (non-hydrogen) atoms. The molecule has 0 radical (unpaired) electrons. The van der Waals surface area contributed by atoms with Crippen LogP contribution in [0, 0.1) is 13.8 Å². The maximum absolute atomic E-state index is 6.41. The van der Waals surface area contributed by atoms with E-state index in [0.717, 1.165) is 22.0 Å². The first-order chi connectivity index (χ1) is 14.4. The largest absolute Gasteiger partial charge is 0.490 e. The van der Waals surface area contributed by atoms with Crippen LogP contribution in [0.2, 0.25) is 5.02 Å². The molecule has 2 aromatic carbocycles. The minimum Gasteiger partial charge on any atom is -0.490 e. The van der Waals surface area contributed by atoms with Crippen LogP contribution in [0.3, 0.4) is 0 Å². The van der Waals surface area contributed by atoms with Crippen LogP contribution in [0.15, 0.2) is 40.8 Å². The Hall–Kier alpha value is -2.57. The maximum Gasteiger partial charge on any atom is 0.203 e. The number of hydrazone groups is 1. The molecule has 0 amide bonds. The molecular weight excluding hydrogens is 418 g/mol. The van der Waals surface area contributed by atoms with E-state index in [4.69, 9.17) is 21.1 Å². The molecular formula is C23H26ClN3O2S. The summed E-state index contributed by atoms with van der Waals surface area (Å²) in [4.78, 5) is 4.64. The van der Waals surface area contributed by atoms with Crippen molar-refractivity contribution < 1.29 is 9.47 Å². The second-order valence-corrected chi connectivity index (χ2v) is 8.42. The molecule has 0 fully saturated rings. The highest BCUT2D eigenvalue weighted by molar-refractivity contribution is 7.14. The highest BCUT2D eigenvalue weighted by atomic mass is 35.5. The Labute approximate surface area is 186 Å². The zero-order valence-corrected chi connectivity index (χ0v) is 19.4. The van der Waals surface area contributed by atoms with Gasteiger partial charge >= 0.3 is 0 Å². The van der Waals surface area contributed by atoms with Gasteiger partial charge in [-0.2, -0.15) is 5.10 Å². The number of rotatable bonds is 8. The Bertz CT molecular complexity index is 1050. The number of thiazole rings is 1. The smallest absolute Gasteiger partial charge is 0.203 e. The summed E-state index contributed by atoms with van der Waals surface area (Å²) in [5.41, 5.74) is 8.31. The molecule has 7 heteroatoms. The molecule has 3 rings (SSSR count). The van der Waals surface area contributed by atoms with Crippen LogP contribution in [0.1, 0.15) is 37.5 Å². The van der Waals surface area contributed by atoms with Crippen LogP contribution in [0.5, 0.6) is 11.5 Å². The van der Waals surface area contributed by atoms with Crippen LogP contribution in [-0.4, -0.2) is 23.9 Å². The Morgan fingerprint density at radius 1 is 1.23 bits per heavy atom. The lowest BCUT2D eigenvalue weighted by Gasteiger charge is -2.16. The van der Waals surface area contributed by atoms with Gasteiger partial charge in [0.05, 0.1) is 29.6 Å². The zero-order valence-electron chi connectivity index (χ0n) is 17.8. The molecule has 0 aliphatic carbocycles. The Morgan fingerprint density at radius 2 is 2.03 bits per heavy atom. The lowest BCUT2D eigenvalue weighted by molar-refractivity contribution is 0.224. The number of halogens is 1.